The fraction of sp³-hybridized carbons (Fsp3) is 0.316. The van der Waals surface area contributed by atoms with Crippen LogP contribution in [0.25, 0.3) is 0 Å². The van der Waals surface area contributed by atoms with Crippen molar-refractivity contribution in [1.29, 1.82) is 0 Å². The number of hydrogen-bond donors (Lipinski definition) is 2. The van der Waals surface area contributed by atoms with Crippen LogP contribution in [0.5, 0.6) is 0 Å². The van der Waals surface area contributed by atoms with Gasteiger partial charge in [-0.15, -0.1) is 11.3 Å². The summed E-state index contributed by atoms with van der Waals surface area (Å²) in [6.07, 6.45) is 1.68. The first-order valence-electron chi connectivity index (χ1n) is 8.42. The summed E-state index contributed by atoms with van der Waals surface area (Å²) in [5, 5.41) is 6.42. The number of nitrogens with one attached hydrogen (secondary N) is 2. The number of anilines is 2. The Morgan fingerprint density at radius 1 is 1.19 bits per heavy atom. The Morgan fingerprint density at radius 2 is 1.89 bits per heavy atom. The number of halogens is 1. The third-order valence-corrected chi connectivity index (χ3v) is 5.97. The van der Waals surface area contributed by atoms with Gasteiger partial charge in [0.25, 0.3) is 5.91 Å². The number of carbonyl (C=O) groups excluding carboxylic acids is 3. The molecular weight excluding hydrogens is 388 g/mol. The van der Waals surface area contributed by atoms with Gasteiger partial charge in [0.05, 0.1) is 17.6 Å². The molecule has 142 valence electrons. The van der Waals surface area contributed by atoms with Crippen molar-refractivity contribution in [2.75, 3.05) is 17.7 Å². The van der Waals surface area contributed by atoms with E-state index in [9.17, 15) is 14.4 Å². The number of aryl methyl sites for hydroxylation is 1. The van der Waals surface area contributed by atoms with Gasteiger partial charge < -0.3 is 15.4 Å². The second kappa shape index (κ2) is 7.70. The highest BCUT2D eigenvalue weighted by atomic mass is 35.5. The third kappa shape index (κ3) is 4.14. The monoisotopic (exact) mass is 406 g/mol. The molecule has 1 heterocycles. The van der Waals surface area contributed by atoms with Gasteiger partial charge in [-0.2, -0.15) is 0 Å². The van der Waals surface area contributed by atoms with Gasteiger partial charge in [0, 0.05) is 16.6 Å². The van der Waals surface area contributed by atoms with Gasteiger partial charge in [0.1, 0.15) is 5.00 Å². The molecule has 2 amide bonds. The van der Waals surface area contributed by atoms with E-state index in [2.05, 4.69) is 10.6 Å². The van der Waals surface area contributed by atoms with Crippen molar-refractivity contribution in [2.45, 2.75) is 26.7 Å². The molecule has 0 spiro atoms. The van der Waals surface area contributed by atoms with Gasteiger partial charge in [-0.25, -0.2) is 4.79 Å². The first kappa shape index (κ1) is 19.4. The zero-order valence-corrected chi connectivity index (χ0v) is 16.7. The number of hydrogen-bond acceptors (Lipinski definition) is 5. The maximum Gasteiger partial charge on any atom is 0.341 e. The van der Waals surface area contributed by atoms with Crippen LogP contribution in [0.15, 0.2) is 18.2 Å². The molecule has 6 nitrogen and oxygen atoms in total. The van der Waals surface area contributed by atoms with Gasteiger partial charge in [-0.1, -0.05) is 17.7 Å². The number of carbonyl (C=O) groups is 3. The summed E-state index contributed by atoms with van der Waals surface area (Å²) in [6, 6.07) is 5.22. The number of amides is 2. The van der Waals surface area contributed by atoms with Crippen molar-refractivity contribution in [2.24, 2.45) is 5.92 Å². The van der Waals surface area contributed by atoms with Crippen molar-refractivity contribution in [1.82, 2.24) is 0 Å². The molecule has 0 atom stereocenters. The lowest BCUT2D eigenvalue weighted by molar-refractivity contribution is -0.117. The molecule has 0 aliphatic heterocycles. The molecular formula is C19H19ClN2O4S. The molecule has 1 aromatic heterocycles. The molecule has 1 aromatic carbocycles. The molecule has 0 unspecified atom stereocenters. The van der Waals surface area contributed by atoms with E-state index in [-0.39, 0.29) is 23.3 Å². The van der Waals surface area contributed by atoms with Crippen molar-refractivity contribution in [3.8, 4) is 0 Å². The van der Waals surface area contributed by atoms with Crippen LogP contribution >= 0.6 is 22.9 Å². The number of thiophene rings is 1. The van der Waals surface area contributed by atoms with Gasteiger partial charge in [-0.05, 0) is 49.9 Å². The van der Waals surface area contributed by atoms with Crippen molar-refractivity contribution >= 4 is 51.4 Å². The second-order valence-corrected chi connectivity index (χ2v) is 7.86. The highest BCUT2D eigenvalue weighted by molar-refractivity contribution is 7.19. The Balaban J connectivity index is 1.90. The zero-order chi connectivity index (χ0) is 19.7. The number of esters is 1. The van der Waals surface area contributed by atoms with Crippen molar-refractivity contribution in [3.05, 3.63) is 44.8 Å². The Bertz CT molecular complexity index is 934. The second-order valence-electron chi connectivity index (χ2n) is 6.43. The Morgan fingerprint density at radius 3 is 2.48 bits per heavy atom. The van der Waals surface area contributed by atoms with E-state index in [1.807, 2.05) is 6.92 Å². The average Bonchev–Trinajstić information content (AvgIpc) is 3.42. The highest BCUT2D eigenvalue weighted by Gasteiger charge is 2.32. The zero-order valence-electron chi connectivity index (χ0n) is 15.1. The van der Waals surface area contributed by atoms with E-state index in [0.29, 0.717) is 26.2 Å². The lowest BCUT2D eigenvalue weighted by Gasteiger charge is -2.06. The summed E-state index contributed by atoms with van der Waals surface area (Å²) in [5.74, 6) is -1.13. The molecule has 2 N–H and O–H groups in total. The normalized spacial score (nSPS) is 13.2. The SMILES string of the molecule is COC(=O)c1c(NC(=O)C2CC2)sc(C(=O)Nc2ccc(C)c(Cl)c2)c1C. The molecule has 0 saturated heterocycles. The average molecular weight is 407 g/mol. The van der Waals surface area contributed by atoms with Crippen LogP contribution in [0.4, 0.5) is 10.7 Å². The van der Waals surface area contributed by atoms with E-state index in [4.69, 9.17) is 16.3 Å². The summed E-state index contributed by atoms with van der Waals surface area (Å²) in [4.78, 5) is 37.4. The van der Waals surface area contributed by atoms with Gasteiger partial charge in [-0.3, -0.25) is 9.59 Å². The summed E-state index contributed by atoms with van der Waals surface area (Å²) >= 11 is 7.16. The third-order valence-electron chi connectivity index (χ3n) is 4.36. The lowest BCUT2D eigenvalue weighted by Crippen LogP contribution is -2.15. The van der Waals surface area contributed by atoms with Crippen LogP contribution < -0.4 is 10.6 Å². The fourth-order valence-electron chi connectivity index (χ4n) is 2.58. The van der Waals surface area contributed by atoms with E-state index >= 15 is 0 Å². The topological polar surface area (TPSA) is 84.5 Å². The quantitative estimate of drug-likeness (QED) is 0.720. The van der Waals surface area contributed by atoms with E-state index in [1.54, 1.807) is 25.1 Å². The van der Waals surface area contributed by atoms with Crippen LogP contribution in [0.3, 0.4) is 0 Å². The summed E-state index contributed by atoms with van der Waals surface area (Å²) in [6.45, 7) is 3.53. The molecule has 2 aromatic rings. The van der Waals surface area contributed by atoms with Crippen molar-refractivity contribution in [3.63, 3.8) is 0 Å². The Kier molecular flexibility index (Phi) is 5.53. The molecule has 8 heteroatoms. The van der Waals surface area contributed by atoms with E-state index in [1.165, 1.54) is 7.11 Å². The van der Waals surface area contributed by atoms with E-state index < -0.39 is 5.97 Å². The molecule has 3 rings (SSSR count). The number of methoxy groups -OCH3 is 1. The fourth-order valence-corrected chi connectivity index (χ4v) is 3.86. The van der Waals surface area contributed by atoms with Crippen molar-refractivity contribution < 1.29 is 19.1 Å². The number of benzene rings is 1. The molecule has 1 saturated carbocycles. The molecule has 0 bridgehead atoms. The number of rotatable bonds is 5. The summed E-state index contributed by atoms with van der Waals surface area (Å²) in [7, 11) is 1.26. The van der Waals surface area contributed by atoms with E-state index in [0.717, 1.165) is 29.7 Å². The predicted octanol–water partition coefficient (Wildman–Crippen LogP) is 4.41. The van der Waals surface area contributed by atoms with Crippen LogP contribution in [-0.4, -0.2) is 24.9 Å². The maximum absolute atomic E-state index is 12.7. The molecule has 0 radical (unpaired) electrons. The first-order valence-corrected chi connectivity index (χ1v) is 9.61. The lowest BCUT2D eigenvalue weighted by atomic mass is 10.1. The highest BCUT2D eigenvalue weighted by Crippen LogP contribution is 2.37. The first-order chi connectivity index (χ1) is 12.8. The van der Waals surface area contributed by atoms with Crippen LogP contribution in [0, 0.1) is 19.8 Å². The van der Waals surface area contributed by atoms with Crippen LogP contribution in [-0.2, 0) is 9.53 Å². The molecule has 1 aliphatic carbocycles. The largest absolute Gasteiger partial charge is 0.465 e. The molecule has 1 aliphatic rings. The Labute approximate surface area is 165 Å². The van der Waals surface area contributed by atoms with Crippen LogP contribution in [0.2, 0.25) is 5.02 Å². The van der Waals surface area contributed by atoms with Gasteiger partial charge in [0.15, 0.2) is 0 Å². The summed E-state index contributed by atoms with van der Waals surface area (Å²) in [5.41, 5.74) is 2.13. The minimum absolute atomic E-state index is 0.0233. The Hall–Kier alpha value is -2.38. The maximum atomic E-state index is 12.7. The van der Waals surface area contributed by atoms with Gasteiger partial charge >= 0.3 is 5.97 Å². The molecule has 27 heavy (non-hydrogen) atoms. The smallest absolute Gasteiger partial charge is 0.341 e. The standard InChI is InChI=1S/C19H19ClN2O4S/c1-9-4-7-12(8-13(9)20)21-17(24)15-10(2)14(19(25)26-3)18(27-15)22-16(23)11-5-6-11/h4,7-8,11H,5-6H2,1-3H3,(H,21,24)(H,22,23). The summed E-state index contributed by atoms with van der Waals surface area (Å²) < 4.78 is 4.82. The van der Waals surface area contributed by atoms with Crippen LogP contribution in [0.1, 0.15) is 44.0 Å². The molecule has 1 fully saturated rings. The van der Waals surface area contributed by atoms with Gasteiger partial charge in [0.2, 0.25) is 5.91 Å². The minimum atomic E-state index is -0.590. The predicted molar refractivity (Wildman–Crippen MR) is 106 cm³/mol. The number of ether oxygens (including phenoxy) is 1. The minimum Gasteiger partial charge on any atom is -0.465 e.